The van der Waals surface area contributed by atoms with E-state index in [2.05, 4.69) is 15.9 Å². The lowest BCUT2D eigenvalue weighted by Gasteiger charge is -2.36. The Morgan fingerprint density at radius 2 is 1.40 bits per heavy atom. The molecule has 0 bridgehead atoms. The molecule has 2 heterocycles. The molecule has 9 nitrogen and oxygen atoms in total. The fourth-order valence-corrected chi connectivity index (χ4v) is 4.58. The lowest BCUT2D eigenvalue weighted by molar-refractivity contribution is 0.0513. The number of unbranched alkanes of at least 4 members (excludes halogenated alkanes) is 1. The minimum absolute atomic E-state index is 0.0317. The molecule has 0 atom stereocenters. The molecule has 190 valence electrons. The molecule has 2 aromatic carbocycles. The molecule has 0 N–H and O–H groups in total. The van der Waals surface area contributed by atoms with E-state index in [4.69, 9.17) is 23.7 Å². The van der Waals surface area contributed by atoms with E-state index in [1.807, 2.05) is 12.1 Å². The normalized spacial score (nSPS) is 15.9. The summed E-state index contributed by atoms with van der Waals surface area (Å²) in [5.41, 5.74) is 1.67. The largest absolute Gasteiger partial charge is 0.493 e. The number of hydrogen-bond donors (Lipinski definition) is 0. The lowest BCUT2D eigenvalue weighted by atomic mass is 10.1. The quantitative estimate of drug-likeness (QED) is 0.476. The zero-order valence-electron chi connectivity index (χ0n) is 21.0. The molecule has 2 aliphatic heterocycles. The van der Waals surface area contributed by atoms with Crippen LogP contribution in [-0.4, -0.2) is 90.1 Å². The standard InChI is InChI=1S/C26H35N3O6/c1-31-21-8-7-19(15-23(21)32-2)28-13-11-27(12-14-28)9-5-6-10-29-18-35-22-17-25(34-4)24(33-3)16-20(22)26(29)30/h7-8,15-17H,5-6,9-14,18H2,1-4H3. The highest BCUT2D eigenvalue weighted by atomic mass is 16.5. The number of fused-ring (bicyclic) bond motifs is 1. The monoisotopic (exact) mass is 485 g/mol. The van der Waals surface area contributed by atoms with E-state index in [1.54, 1.807) is 45.5 Å². The Hall–Kier alpha value is -3.33. The molecule has 1 saturated heterocycles. The third-order valence-corrected chi connectivity index (χ3v) is 6.64. The predicted molar refractivity (Wildman–Crippen MR) is 134 cm³/mol. The maximum Gasteiger partial charge on any atom is 0.260 e. The van der Waals surface area contributed by atoms with Crippen molar-refractivity contribution in [1.29, 1.82) is 0 Å². The van der Waals surface area contributed by atoms with Gasteiger partial charge in [0.05, 0.1) is 34.0 Å². The van der Waals surface area contributed by atoms with Gasteiger partial charge in [-0.25, -0.2) is 0 Å². The van der Waals surface area contributed by atoms with Crippen molar-refractivity contribution in [3.63, 3.8) is 0 Å². The van der Waals surface area contributed by atoms with E-state index in [9.17, 15) is 4.79 Å². The van der Waals surface area contributed by atoms with Gasteiger partial charge in [-0.05, 0) is 31.5 Å². The summed E-state index contributed by atoms with van der Waals surface area (Å²) in [5, 5.41) is 0. The van der Waals surface area contributed by atoms with Gasteiger partial charge in [-0.1, -0.05) is 0 Å². The molecule has 4 rings (SSSR count). The molecule has 35 heavy (non-hydrogen) atoms. The molecule has 2 aliphatic rings. The summed E-state index contributed by atoms with van der Waals surface area (Å²) in [7, 11) is 6.44. The van der Waals surface area contributed by atoms with Crippen molar-refractivity contribution < 1.29 is 28.5 Å². The number of amides is 1. The molecule has 2 aromatic rings. The summed E-state index contributed by atoms with van der Waals surface area (Å²) in [6, 6.07) is 9.48. The average Bonchev–Trinajstić information content (AvgIpc) is 2.91. The van der Waals surface area contributed by atoms with Crippen LogP contribution >= 0.6 is 0 Å². The van der Waals surface area contributed by atoms with E-state index < -0.39 is 0 Å². The second-order valence-corrected chi connectivity index (χ2v) is 8.62. The zero-order valence-corrected chi connectivity index (χ0v) is 21.0. The van der Waals surface area contributed by atoms with E-state index in [1.165, 1.54) is 0 Å². The molecular weight excluding hydrogens is 450 g/mol. The van der Waals surface area contributed by atoms with Crippen LogP contribution in [0.2, 0.25) is 0 Å². The Morgan fingerprint density at radius 3 is 2.09 bits per heavy atom. The number of carbonyl (C=O) groups excluding carboxylic acids is 1. The highest BCUT2D eigenvalue weighted by Gasteiger charge is 2.27. The number of methoxy groups -OCH3 is 4. The molecule has 0 radical (unpaired) electrons. The topological polar surface area (TPSA) is 72.9 Å². The Bertz CT molecular complexity index is 1020. The fraction of sp³-hybridized carbons (Fsp3) is 0.500. The number of piperazine rings is 1. The number of ether oxygens (including phenoxy) is 5. The van der Waals surface area contributed by atoms with Crippen LogP contribution in [0.5, 0.6) is 28.7 Å². The Labute approximate surface area is 207 Å². The van der Waals surface area contributed by atoms with Gasteiger partial charge < -0.3 is 33.5 Å². The minimum atomic E-state index is -0.0317. The number of hydrogen-bond acceptors (Lipinski definition) is 8. The van der Waals surface area contributed by atoms with E-state index in [-0.39, 0.29) is 12.6 Å². The predicted octanol–water partition coefficient (Wildman–Crippen LogP) is 3.12. The maximum absolute atomic E-state index is 13.0. The van der Waals surface area contributed by atoms with E-state index >= 15 is 0 Å². The molecule has 0 aliphatic carbocycles. The van der Waals surface area contributed by atoms with Gasteiger partial charge in [-0.15, -0.1) is 0 Å². The minimum Gasteiger partial charge on any atom is -0.493 e. The SMILES string of the molecule is COc1ccc(N2CCN(CCCCN3COc4cc(OC)c(OC)cc4C3=O)CC2)cc1OC. The molecule has 1 amide bonds. The van der Waals surface area contributed by atoms with Gasteiger partial charge in [-0.2, -0.15) is 0 Å². The van der Waals surface area contributed by atoms with Crippen molar-refractivity contribution in [1.82, 2.24) is 9.80 Å². The van der Waals surface area contributed by atoms with Crippen LogP contribution in [0, 0.1) is 0 Å². The lowest BCUT2D eigenvalue weighted by Crippen LogP contribution is -2.46. The van der Waals surface area contributed by atoms with Gasteiger partial charge in [0.1, 0.15) is 5.75 Å². The number of benzene rings is 2. The van der Waals surface area contributed by atoms with Crippen molar-refractivity contribution in [2.75, 3.05) is 79.3 Å². The third-order valence-electron chi connectivity index (χ3n) is 6.64. The fourth-order valence-electron chi connectivity index (χ4n) is 4.58. The smallest absolute Gasteiger partial charge is 0.260 e. The third kappa shape index (κ3) is 5.51. The van der Waals surface area contributed by atoms with Gasteiger partial charge in [-0.3, -0.25) is 9.69 Å². The van der Waals surface area contributed by atoms with Crippen molar-refractivity contribution in [3.8, 4) is 28.7 Å². The van der Waals surface area contributed by atoms with Gasteiger partial charge in [0, 0.05) is 56.6 Å². The molecule has 0 saturated carbocycles. The van der Waals surface area contributed by atoms with Crippen LogP contribution in [0.25, 0.3) is 0 Å². The average molecular weight is 486 g/mol. The van der Waals surface area contributed by atoms with E-state index in [0.717, 1.165) is 62.8 Å². The number of rotatable bonds is 10. The summed E-state index contributed by atoms with van der Waals surface area (Å²) in [6.45, 7) is 5.89. The molecule has 0 aromatic heterocycles. The highest BCUT2D eigenvalue weighted by Crippen LogP contribution is 2.37. The van der Waals surface area contributed by atoms with Crippen LogP contribution in [0.1, 0.15) is 23.2 Å². The summed E-state index contributed by atoms with van der Waals surface area (Å²) in [5.74, 6) is 3.08. The molecule has 0 unspecified atom stereocenters. The van der Waals surface area contributed by atoms with Crippen LogP contribution in [0.3, 0.4) is 0 Å². The van der Waals surface area contributed by atoms with Gasteiger partial charge in [0.2, 0.25) is 0 Å². The second-order valence-electron chi connectivity index (χ2n) is 8.62. The first-order valence-corrected chi connectivity index (χ1v) is 11.9. The number of nitrogens with zero attached hydrogens (tertiary/aromatic N) is 3. The van der Waals surface area contributed by atoms with Crippen LogP contribution < -0.4 is 28.6 Å². The molecular formula is C26H35N3O6. The van der Waals surface area contributed by atoms with Crippen LogP contribution in [-0.2, 0) is 0 Å². The highest BCUT2D eigenvalue weighted by molar-refractivity contribution is 5.98. The summed E-state index contributed by atoms with van der Waals surface area (Å²) < 4.78 is 27.2. The van der Waals surface area contributed by atoms with Crippen molar-refractivity contribution in [3.05, 3.63) is 35.9 Å². The van der Waals surface area contributed by atoms with E-state index in [0.29, 0.717) is 29.4 Å². The first-order chi connectivity index (χ1) is 17.1. The molecule has 0 spiro atoms. The van der Waals surface area contributed by atoms with Crippen LogP contribution in [0.15, 0.2) is 30.3 Å². The first kappa shape index (κ1) is 24.8. The first-order valence-electron chi connectivity index (χ1n) is 11.9. The maximum atomic E-state index is 13.0. The summed E-state index contributed by atoms with van der Waals surface area (Å²) in [4.78, 5) is 19.6. The molecule has 1 fully saturated rings. The molecule has 9 heteroatoms. The Morgan fingerprint density at radius 1 is 0.771 bits per heavy atom. The summed E-state index contributed by atoms with van der Waals surface area (Å²) >= 11 is 0. The Kier molecular flexibility index (Phi) is 8.07. The van der Waals surface area contributed by atoms with Gasteiger partial charge >= 0.3 is 0 Å². The van der Waals surface area contributed by atoms with Crippen LogP contribution in [0.4, 0.5) is 5.69 Å². The van der Waals surface area contributed by atoms with Crippen molar-refractivity contribution in [2.24, 2.45) is 0 Å². The van der Waals surface area contributed by atoms with Crippen molar-refractivity contribution >= 4 is 11.6 Å². The Balaban J connectivity index is 1.22. The van der Waals surface area contributed by atoms with Crippen molar-refractivity contribution in [2.45, 2.75) is 12.8 Å². The summed E-state index contributed by atoms with van der Waals surface area (Å²) in [6.07, 6.45) is 1.95. The number of anilines is 1. The van der Waals surface area contributed by atoms with Gasteiger partial charge in [0.25, 0.3) is 5.91 Å². The number of carbonyl (C=O) groups is 1. The second kappa shape index (κ2) is 11.4. The zero-order chi connectivity index (χ0) is 24.8. The van der Waals surface area contributed by atoms with Gasteiger partial charge in [0.15, 0.2) is 29.7 Å².